The number of amides is 1. The number of anilines is 1. The van der Waals surface area contributed by atoms with Crippen LogP contribution in [0.25, 0.3) is 22.6 Å². The maximum atomic E-state index is 12.6. The molecule has 3 heterocycles. The van der Waals surface area contributed by atoms with Crippen molar-refractivity contribution in [3.63, 3.8) is 0 Å². The van der Waals surface area contributed by atoms with Gasteiger partial charge >= 0.3 is 0 Å². The second kappa shape index (κ2) is 9.07. The third-order valence-corrected chi connectivity index (χ3v) is 7.40. The Bertz CT molecular complexity index is 1310. The predicted octanol–water partition coefficient (Wildman–Crippen LogP) is 5.45. The molecule has 4 aromatic rings. The van der Waals surface area contributed by atoms with Crippen molar-refractivity contribution in [1.29, 1.82) is 0 Å². The summed E-state index contributed by atoms with van der Waals surface area (Å²) < 4.78 is 2.14. The average Bonchev–Trinajstić information content (AvgIpc) is 3.39. The molecule has 1 fully saturated rings. The van der Waals surface area contributed by atoms with E-state index in [-0.39, 0.29) is 11.7 Å². The van der Waals surface area contributed by atoms with Crippen LogP contribution in [0, 0.1) is 20.8 Å². The molecule has 9 heteroatoms. The minimum Gasteiger partial charge on any atom is -0.301 e. The number of nitrogens with zero attached hydrogens (tertiary/aromatic N) is 5. The molecule has 1 amide bonds. The van der Waals surface area contributed by atoms with Gasteiger partial charge in [0.25, 0.3) is 0 Å². The fourth-order valence-corrected chi connectivity index (χ4v) is 5.24. The highest BCUT2D eigenvalue weighted by atomic mass is 32.2. The molecule has 1 aliphatic rings. The van der Waals surface area contributed by atoms with E-state index in [4.69, 9.17) is 0 Å². The van der Waals surface area contributed by atoms with Crippen molar-refractivity contribution < 1.29 is 4.79 Å². The highest BCUT2D eigenvalue weighted by Gasteiger charge is 2.30. The summed E-state index contributed by atoms with van der Waals surface area (Å²) in [6.07, 6.45) is 5.74. The quantitative estimate of drug-likeness (QED) is 0.357. The highest BCUT2D eigenvalue weighted by Crippen LogP contribution is 2.41. The van der Waals surface area contributed by atoms with Crippen LogP contribution < -0.4 is 5.32 Å². The lowest BCUT2D eigenvalue weighted by molar-refractivity contribution is -0.113. The molecule has 0 spiro atoms. The number of pyridine rings is 1. The maximum absolute atomic E-state index is 12.6. The number of carbonyl (C=O) groups is 1. The molecule has 1 N–H and O–H groups in total. The van der Waals surface area contributed by atoms with Gasteiger partial charge in [-0.25, -0.2) is 4.98 Å². The average molecular weight is 477 g/mol. The van der Waals surface area contributed by atoms with Gasteiger partial charge in [0.05, 0.1) is 11.4 Å². The smallest absolute Gasteiger partial charge is 0.236 e. The van der Waals surface area contributed by atoms with E-state index in [9.17, 15) is 4.79 Å². The Hall–Kier alpha value is -3.04. The molecule has 168 valence electrons. The largest absolute Gasteiger partial charge is 0.301 e. The van der Waals surface area contributed by atoms with Crippen LogP contribution in [0.3, 0.4) is 0 Å². The third kappa shape index (κ3) is 4.69. The van der Waals surface area contributed by atoms with E-state index in [0.717, 1.165) is 40.6 Å². The van der Waals surface area contributed by atoms with Crippen molar-refractivity contribution in [1.82, 2.24) is 24.7 Å². The Morgan fingerprint density at radius 1 is 1.18 bits per heavy atom. The number of hydrogen-bond donors (Lipinski definition) is 1. The Labute approximate surface area is 200 Å². The van der Waals surface area contributed by atoms with Crippen LogP contribution in [0.1, 0.15) is 35.6 Å². The Balaban J connectivity index is 1.26. The van der Waals surface area contributed by atoms with Crippen LogP contribution in [-0.2, 0) is 4.79 Å². The van der Waals surface area contributed by atoms with Crippen LogP contribution >= 0.6 is 23.1 Å². The van der Waals surface area contributed by atoms with Gasteiger partial charge in [-0.2, -0.15) is 0 Å². The van der Waals surface area contributed by atoms with Crippen molar-refractivity contribution >= 4 is 34.1 Å². The van der Waals surface area contributed by atoms with Gasteiger partial charge in [-0.3, -0.25) is 14.3 Å². The van der Waals surface area contributed by atoms with E-state index < -0.39 is 0 Å². The van der Waals surface area contributed by atoms with Crippen molar-refractivity contribution in [2.45, 2.75) is 44.8 Å². The number of carbonyl (C=O) groups excluding carboxylic acids is 1. The molecule has 1 aliphatic carbocycles. The van der Waals surface area contributed by atoms with Crippen molar-refractivity contribution in [3.8, 4) is 22.6 Å². The van der Waals surface area contributed by atoms with Crippen LogP contribution in [0.15, 0.2) is 47.2 Å². The number of thioether (sulfide) groups is 1. The van der Waals surface area contributed by atoms with Crippen LogP contribution in [0.4, 0.5) is 5.13 Å². The first kappa shape index (κ1) is 21.8. The summed E-state index contributed by atoms with van der Waals surface area (Å²) >= 11 is 2.84. The number of aromatic nitrogens is 5. The van der Waals surface area contributed by atoms with Gasteiger partial charge in [0.15, 0.2) is 16.1 Å². The van der Waals surface area contributed by atoms with Crippen LogP contribution in [0.2, 0.25) is 0 Å². The standard InChI is InChI=1S/C24H24N6OS2/c1-14-9-16(3)19(10-15(14)2)20-12-32-23(26-20)27-21(31)13-33-24-29-28-22(30(24)18-6-7-18)17-5-4-8-25-11-17/h4-5,8-12,18H,6-7,13H2,1-3H3,(H,26,27,31). The van der Waals surface area contributed by atoms with Crippen molar-refractivity contribution in [2.24, 2.45) is 0 Å². The van der Waals surface area contributed by atoms with Crippen molar-refractivity contribution in [2.75, 3.05) is 11.1 Å². The van der Waals surface area contributed by atoms with E-state index in [1.165, 1.54) is 39.8 Å². The molecule has 1 saturated carbocycles. The maximum Gasteiger partial charge on any atom is 0.236 e. The predicted molar refractivity (Wildman–Crippen MR) is 133 cm³/mol. The second-order valence-corrected chi connectivity index (χ2v) is 10.1. The Kier molecular flexibility index (Phi) is 5.99. The SMILES string of the molecule is Cc1cc(C)c(-c2csc(NC(=O)CSc3nnc(-c4cccnc4)n3C3CC3)n2)cc1C. The second-order valence-electron chi connectivity index (χ2n) is 8.28. The zero-order valence-electron chi connectivity index (χ0n) is 18.7. The summed E-state index contributed by atoms with van der Waals surface area (Å²) in [6, 6.07) is 8.60. The van der Waals surface area contributed by atoms with Crippen LogP contribution in [0.5, 0.6) is 0 Å². The molecule has 7 nitrogen and oxygen atoms in total. The van der Waals surface area contributed by atoms with Gasteiger partial charge in [0.2, 0.25) is 5.91 Å². The first-order valence-electron chi connectivity index (χ1n) is 10.8. The normalized spacial score (nSPS) is 13.3. The first-order valence-corrected chi connectivity index (χ1v) is 12.7. The number of thiazole rings is 1. The summed E-state index contributed by atoms with van der Waals surface area (Å²) in [4.78, 5) is 21.5. The fraction of sp³-hybridized carbons (Fsp3) is 0.292. The lowest BCUT2D eigenvalue weighted by Gasteiger charge is -2.08. The molecule has 0 radical (unpaired) electrons. The van der Waals surface area contributed by atoms with Gasteiger partial charge in [-0.1, -0.05) is 17.8 Å². The summed E-state index contributed by atoms with van der Waals surface area (Å²) in [6.45, 7) is 6.30. The molecular weight excluding hydrogens is 452 g/mol. The zero-order chi connectivity index (χ0) is 22.9. The zero-order valence-corrected chi connectivity index (χ0v) is 20.3. The number of hydrogen-bond acceptors (Lipinski definition) is 7. The van der Waals surface area contributed by atoms with E-state index in [1.54, 1.807) is 12.4 Å². The van der Waals surface area contributed by atoms with E-state index >= 15 is 0 Å². The molecule has 0 saturated heterocycles. The molecule has 3 aromatic heterocycles. The number of aryl methyl sites for hydroxylation is 3. The topological polar surface area (TPSA) is 85.6 Å². The minimum atomic E-state index is -0.106. The van der Waals surface area contributed by atoms with Crippen LogP contribution in [-0.4, -0.2) is 36.4 Å². The van der Waals surface area contributed by atoms with E-state index in [0.29, 0.717) is 11.2 Å². The summed E-state index contributed by atoms with van der Waals surface area (Å²) in [7, 11) is 0. The highest BCUT2D eigenvalue weighted by molar-refractivity contribution is 7.99. The molecule has 33 heavy (non-hydrogen) atoms. The summed E-state index contributed by atoms with van der Waals surface area (Å²) in [5.41, 5.74) is 6.60. The van der Waals surface area contributed by atoms with Gasteiger partial charge in [-0.15, -0.1) is 21.5 Å². The molecule has 0 aliphatic heterocycles. The molecule has 0 bridgehead atoms. The molecule has 0 atom stereocenters. The minimum absolute atomic E-state index is 0.106. The molecule has 0 unspecified atom stereocenters. The third-order valence-electron chi connectivity index (χ3n) is 5.70. The van der Waals surface area contributed by atoms with Crippen molar-refractivity contribution in [3.05, 3.63) is 58.7 Å². The summed E-state index contributed by atoms with van der Waals surface area (Å²) in [5.74, 6) is 0.947. The summed E-state index contributed by atoms with van der Waals surface area (Å²) in [5, 5.41) is 15.0. The molecule has 5 rings (SSSR count). The first-order chi connectivity index (χ1) is 16.0. The van der Waals surface area contributed by atoms with Gasteiger partial charge in [0, 0.05) is 34.9 Å². The van der Waals surface area contributed by atoms with E-state index in [2.05, 4.69) is 63.0 Å². The van der Waals surface area contributed by atoms with E-state index in [1.807, 2.05) is 17.5 Å². The number of rotatable bonds is 7. The number of benzene rings is 1. The number of nitrogens with one attached hydrogen (secondary N) is 1. The lowest BCUT2D eigenvalue weighted by atomic mass is 9.99. The fourth-order valence-electron chi connectivity index (χ4n) is 3.71. The monoisotopic (exact) mass is 476 g/mol. The Morgan fingerprint density at radius 2 is 2.00 bits per heavy atom. The van der Waals surface area contributed by atoms with Gasteiger partial charge in [-0.05, 0) is 68.5 Å². The molecule has 1 aromatic carbocycles. The van der Waals surface area contributed by atoms with Gasteiger partial charge < -0.3 is 5.32 Å². The Morgan fingerprint density at radius 3 is 2.76 bits per heavy atom. The lowest BCUT2D eigenvalue weighted by Crippen LogP contribution is -2.14. The molecular formula is C24H24N6OS2. The van der Waals surface area contributed by atoms with Gasteiger partial charge in [0.1, 0.15) is 0 Å².